The van der Waals surface area contributed by atoms with Crippen LogP contribution >= 0.6 is 0 Å². The molecule has 0 radical (unpaired) electrons. The van der Waals surface area contributed by atoms with E-state index in [4.69, 9.17) is 0 Å². The van der Waals surface area contributed by atoms with Gasteiger partial charge in [0.05, 0.1) is 0 Å². The summed E-state index contributed by atoms with van der Waals surface area (Å²) in [5, 5.41) is 5.28. The van der Waals surface area contributed by atoms with Gasteiger partial charge in [-0.25, -0.2) is 0 Å². The molecule has 0 saturated heterocycles. The Morgan fingerprint density at radius 2 is 0.636 bits per heavy atom. The van der Waals surface area contributed by atoms with Crippen LogP contribution in [-0.2, 0) is 0 Å². The summed E-state index contributed by atoms with van der Waals surface area (Å²) < 4.78 is 0. The van der Waals surface area contributed by atoms with Crippen LogP contribution in [0.3, 0.4) is 0 Å². The van der Waals surface area contributed by atoms with Crippen molar-refractivity contribution >= 4 is 21.5 Å². The predicted octanol–water partition coefficient (Wildman–Crippen LogP) is 9.30. The van der Waals surface area contributed by atoms with Crippen LogP contribution in [0, 0.1) is 6.92 Å². The maximum atomic E-state index is 2.27. The van der Waals surface area contributed by atoms with Crippen LogP contribution in [0.1, 0.15) is 5.56 Å². The average molecular weight is 421 g/mol. The smallest absolute Gasteiger partial charge is 0.00266 e. The molecule has 6 aromatic carbocycles. The Balaban J connectivity index is 1.44. The first-order valence-electron chi connectivity index (χ1n) is 11.5. The zero-order valence-electron chi connectivity index (χ0n) is 18.6. The second kappa shape index (κ2) is 8.07. The zero-order chi connectivity index (χ0) is 22.2. The number of aryl methyl sites for hydroxylation is 1. The van der Waals surface area contributed by atoms with Crippen LogP contribution in [-0.4, -0.2) is 0 Å². The van der Waals surface area contributed by atoms with Crippen molar-refractivity contribution in [2.45, 2.75) is 6.92 Å². The minimum atomic E-state index is 1.24. The van der Waals surface area contributed by atoms with E-state index in [2.05, 4.69) is 134 Å². The molecule has 0 aliphatic heterocycles. The molecule has 6 aromatic rings. The summed E-state index contributed by atoms with van der Waals surface area (Å²) in [6.45, 7) is 2.23. The van der Waals surface area contributed by atoms with Gasteiger partial charge in [-0.2, -0.15) is 0 Å². The zero-order valence-corrected chi connectivity index (χ0v) is 18.6. The molecule has 6 rings (SSSR count). The molecule has 0 saturated carbocycles. The lowest BCUT2D eigenvalue weighted by Gasteiger charge is -2.15. The van der Waals surface area contributed by atoms with Crippen molar-refractivity contribution in [1.29, 1.82) is 0 Å². The standard InChI is InChI=1S/C33H24/c1-23-29-11-5-7-13-31(29)33(32-14-8-6-12-30(23)32)28-21-19-27(20-22-28)26-17-15-25(16-18-26)24-9-3-2-4-10-24/h2-22H,1H3. The maximum absolute atomic E-state index is 2.27. The van der Waals surface area contributed by atoms with Crippen molar-refractivity contribution in [1.82, 2.24) is 0 Å². The number of rotatable bonds is 3. The van der Waals surface area contributed by atoms with Crippen molar-refractivity contribution in [2.24, 2.45) is 0 Å². The SMILES string of the molecule is Cc1c2ccccc2c(-c2ccc(-c3ccc(-c4ccccc4)cc3)cc2)c2ccccc12. The van der Waals surface area contributed by atoms with E-state index in [1.54, 1.807) is 0 Å². The molecular formula is C33H24. The monoisotopic (exact) mass is 420 g/mol. The summed E-state index contributed by atoms with van der Waals surface area (Å²) in [5.41, 5.74) is 8.88. The lowest BCUT2D eigenvalue weighted by atomic mass is 9.88. The molecule has 0 heteroatoms. The van der Waals surface area contributed by atoms with E-state index in [0.717, 1.165) is 0 Å². The minimum absolute atomic E-state index is 1.24. The van der Waals surface area contributed by atoms with E-state index in [0.29, 0.717) is 0 Å². The second-order valence-electron chi connectivity index (χ2n) is 8.61. The van der Waals surface area contributed by atoms with E-state index in [9.17, 15) is 0 Å². The molecule has 0 bridgehead atoms. The highest BCUT2D eigenvalue weighted by atomic mass is 14.2. The van der Waals surface area contributed by atoms with Gasteiger partial charge in [-0.3, -0.25) is 0 Å². The van der Waals surface area contributed by atoms with Gasteiger partial charge in [-0.15, -0.1) is 0 Å². The highest BCUT2D eigenvalue weighted by Gasteiger charge is 2.13. The molecule has 0 spiro atoms. The molecule has 0 aromatic heterocycles. The Morgan fingerprint density at radius 1 is 0.303 bits per heavy atom. The molecule has 0 unspecified atom stereocenters. The Labute approximate surface area is 194 Å². The number of fused-ring (bicyclic) bond motifs is 2. The average Bonchev–Trinajstić information content (AvgIpc) is 2.90. The molecule has 0 amide bonds. The Morgan fingerprint density at radius 3 is 1.09 bits per heavy atom. The van der Waals surface area contributed by atoms with Crippen molar-refractivity contribution in [2.75, 3.05) is 0 Å². The molecule has 0 aliphatic rings. The molecule has 0 heterocycles. The summed E-state index contributed by atoms with van der Waals surface area (Å²) in [6.07, 6.45) is 0. The third-order valence-electron chi connectivity index (χ3n) is 6.70. The lowest BCUT2D eigenvalue weighted by Crippen LogP contribution is -1.89. The molecule has 0 aliphatic carbocycles. The largest absolute Gasteiger partial charge is 0.0622 e. The van der Waals surface area contributed by atoms with Gasteiger partial charge in [0.1, 0.15) is 0 Å². The fourth-order valence-corrected chi connectivity index (χ4v) is 4.97. The van der Waals surface area contributed by atoms with Gasteiger partial charge < -0.3 is 0 Å². The van der Waals surface area contributed by atoms with Gasteiger partial charge in [-0.1, -0.05) is 127 Å². The van der Waals surface area contributed by atoms with Gasteiger partial charge in [0.2, 0.25) is 0 Å². The normalized spacial score (nSPS) is 11.2. The highest BCUT2D eigenvalue weighted by Crippen LogP contribution is 2.39. The molecule has 0 N–H and O–H groups in total. The fourth-order valence-electron chi connectivity index (χ4n) is 4.97. The third kappa shape index (κ3) is 3.41. The van der Waals surface area contributed by atoms with Crippen molar-refractivity contribution in [3.05, 3.63) is 133 Å². The molecule has 156 valence electrons. The van der Waals surface area contributed by atoms with Gasteiger partial charge in [0, 0.05) is 0 Å². The highest BCUT2D eigenvalue weighted by molar-refractivity contribution is 6.14. The second-order valence-corrected chi connectivity index (χ2v) is 8.61. The third-order valence-corrected chi connectivity index (χ3v) is 6.70. The maximum Gasteiger partial charge on any atom is -0.00266 e. The number of benzene rings is 6. The van der Waals surface area contributed by atoms with Crippen LogP contribution in [0.2, 0.25) is 0 Å². The van der Waals surface area contributed by atoms with Gasteiger partial charge in [0.25, 0.3) is 0 Å². The quantitative estimate of drug-likeness (QED) is 0.250. The summed E-state index contributed by atoms with van der Waals surface area (Å²) in [4.78, 5) is 0. The summed E-state index contributed by atoms with van der Waals surface area (Å²) >= 11 is 0. The number of hydrogen-bond acceptors (Lipinski definition) is 0. The molecule has 0 atom stereocenters. The number of hydrogen-bond donors (Lipinski definition) is 0. The van der Waals surface area contributed by atoms with E-state index >= 15 is 0 Å². The summed E-state index contributed by atoms with van der Waals surface area (Å²) in [5.74, 6) is 0. The van der Waals surface area contributed by atoms with Crippen LogP contribution in [0.5, 0.6) is 0 Å². The Kier molecular flexibility index (Phi) is 4.78. The van der Waals surface area contributed by atoms with Gasteiger partial charge >= 0.3 is 0 Å². The first-order chi connectivity index (χ1) is 16.3. The van der Waals surface area contributed by atoms with Gasteiger partial charge in [0.15, 0.2) is 0 Å². The summed E-state index contributed by atoms with van der Waals surface area (Å²) in [6, 6.07) is 45.9. The molecule has 0 fully saturated rings. The first-order valence-corrected chi connectivity index (χ1v) is 11.5. The summed E-state index contributed by atoms with van der Waals surface area (Å²) in [7, 11) is 0. The van der Waals surface area contributed by atoms with Crippen molar-refractivity contribution < 1.29 is 0 Å². The Bertz CT molecular complexity index is 1520. The first kappa shape index (κ1) is 19.5. The van der Waals surface area contributed by atoms with Crippen LogP contribution in [0.15, 0.2) is 127 Å². The van der Waals surface area contributed by atoms with Crippen molar-refractivity contribution in [3.63, 3.8) is 0 Å². The Hall–Kier alpha value is -4.16. The molecule has 33 heavy (non-hydrogen) atoms. The predicted molar refractivity (Wildman–Crippen MR) is 142 cm³/mol. The topological polar surface area (TPSA) is 0 Å². The van der Waals surface area contributed by atoms with E-state index in [1.807, 2.05) is 0 Å². The lowest BCUT2D eigenvalue weighted by molar-refractivity contribution is 1.57. The van der Waals surface area contributed by atoms with Gasteiger partial charge in [-0.05, 0) is 67.4 Å². The fraction of sp³-hybridized carbons (Fsp3) is 0.0303. The molecule has 0 nitrogen and oxygen atoms in total. The van der Waals surface area contributed by atoms with Crippen LogP contribution in [0.25, 0.3) is 54.9 Å². The van der Waals surface area contributed by atoms with Crippen molar-refractivity contribution in [3.8, 4) is 33.4 Å². The van der Waals surface area contributed by atoms with Crippen LogP contribution in [0.4, 0.5) is 0 Å². The van der Waals surface area contributed by atoms with Crippen LogP contribution < -0.4 is 0 Å². The molecular weight excluding hydrogens is 396 g/mol. The van der Waals surface area contributed by atoms with E-state index in [-0.39, 0.29) is 0 Å². The minimum Gasteiger partial charge on any atom is -0.0622 e. The van der Waals surface area contributed by atoms with E-state index < -0.39 is 0 Å². The van der Waals surface area contributed by atoms with E-state index in [1.165, 1.54) is 60.5 Å².